The Morgan fingerprint density at radius 1 is 1.18 bits per heavy atom. The Labute approximate surface area is 108 Å². The molecule has 1 heteroatoms. The highest BCUT2D eigenvalue weighted by molar-refractivity contribution is 4.86. The summed E-state index contributed by atoms with van der Waals surface area (Å²) < 4.78 is 0. The summed E-state index contributed by atoms with van der Waals surface area (Å²) in [7, 11) is 2.11. The van der Waals surface area contributed by atoms with Gasteiger partial charge < -0.3 is 5.32 Å². The molecule has 0 heterocycles. The molecule has 0 bridgehead atoms. The van der Waals surface area contributed by atoms with Crippen molar-refractivity contribution in [1.82, 2.24) is 5.32 Å². The summed E-state index contributed by atoms with van der Waals surface area (Å²) in [4.78, 5) is 0. The van der Waals surface area contributed by atoms with Gasteiger partial charge in [0.25, 0.3) is 0 Å². The summed E-state index contributed by atoms with van der Waals surface area (Å²) >= 11 is 0. The van der Waals surface area contributed by atoms with Gasteiger partial charge in [0, 0.05) is 12.5 Å². The molecular formula is C16H29N. The van der Waals surface area contributed by atoms with E-state index in [1.165, 1.54) is 38.5 Å². The molecule has 17 heavy (non-hydrogen) atoms. The first kappa shape index (κ1) is 14.6. The molecule has 1 aliphatic rings. The van der Waals surface area contributed by atoms with Crippen molar-refractivity contribution in [2.45, 2.75) is 64.8 Å². The smallest absolute Gasteiger partial charge is 0.00926 e. The van der Waals surface area contributed by atoms with Crippen LogP contribution in [0.1, 0.15) is 58.8 Å². The first-order chi connectivity index (χ1) is 8.19. The van der Waals surface area contributed by atoms with E-state index in [0.717, 1.165) is 24.2 Å². The van der Waals surface area contributed by atoms with E-state index in [1.54, 1.807) is 0 Å². The normalized spacial score (nSPS) is 26.8. The van der Waals surface area contributed by atoms with Gasteiger partial charge in [-0.3, -0.25) is 0 Å². The summed E-state index contributed by atoms with van der Waals surface area (Å²) in [5, 5.41) is 3.51. The third-order valence-corrected chi connectivity index (χ3v) is 4.54. The van der Waals surface area contributed by atoms with Gasteiger partial charge in [-0.15, -0.1) is 12.3 Å². The molecular weight excluding hydrogens is 206 g/mol. The maximum absolute atomic E-state index is 5.32. The highest BCUT2D eigenvalue weighted by atomic mass is 14.9. The van der Waals surface area contributed by atoms with Crippen LogP contribution in [0.2, 0.25) is 0 Å². The van der Waals surface area contributed by atoms with Gasteiger partial charge in [0.15, 0.2) is 0 Å². The van der Waals surface area contributed by atoms with Crippen LogP contribution in [-0.4, -0.2) is 13.1 Å². The zero-order valence-corrected chi connectivity index (χ0v) is 11.8. The second-order valence-corrected chi connectivity index (χ2v) is 5.91. The van der Waals surface area contributed by atoms with Crippen molar-refractivity contribution in [3.8, 4) is 12.3 Å². The van der Waals surface area contributed by atoms with E-state index in [2.05, 4.69) is 32.1 Å². The van der Waals surface area contributed by atoms with E-state index >= 15 is 0 Å². The van der Waals surface area contributed by atoms with Gasteiger partial charge in [0.2, 0.25) is 0 Å². The van der Waals surface area contributed by atoms with Gasteiger partial charge in [0.1, 0.15) is 0 Å². The minimum atomic E-state index is 0.691. The molecule has 1 saturated carbocycles. The minimum absolute atomic E-state index is 0.691. The Balaban J connectivity index is 2.32. The average Bonchev–Trinajstić information content (AvgIpc) is 2.35. The van der Waals surface area contributed by atoms with Crippen LogP contribution in [-0.2, 0) is 0 Å². The van der Waals surface area contributed by atoms with Crippen molar-refractivity contribution < 1.29 is 0 Å². The Hall–Kier alpha value is -0.480. The Morgan fingerprint density at radius 3 is 2.24 bits per heavy atom. The molecule has 0 saturated heterocycles. The molecule has 0 radical (unpaired) electrons. The highest BCUT2D eigenvalue weighted by Gasteiger charge is 2.27. The van der Waals surface area contributed by atoms with Crippen molar-refractivity contribution in [3.63, 3.8) is 0 Å². The van der Waals surface area contributed by atoms with Crippen LogP contribution in [0.5, 0.6) is 0 Å². The monoisotopic (exact) mass is 235 g/mol. The maximum Gasteiger partial charge on any atom is 0.00926 e. The molecule has 0 aliphatic heterocycles. The number of nitrogens with one attached hydrogen (secondary N) is 1. The number of unbranched alkanes of at least 4 members (excludes halogenated alkanes) is 1. The standard InChI is InChI=1S/C16H29N/c1-5-6-7-8-16(17-4)15-11-9-14(10-12-15)13(2)3/h1,13-17H,6-12H2,2-4H3. The minimum Gasteiger partial charge on any atom is -0.317 e. The predicted molar refractivity (Wildman–Crippen MR) is 75.8 cm³/mol. The summed E-state index contributed by atoms with van der Waals surface area (Å²) in [5.74, 6) is 5.46. The van der Waals surface area contributed by atoms with E-state index < -0.39 is 0 Å². The van der Waals surface area contributed by atoms with Crippen LogP contribution >= 0.6 is 0 Å². The van der Waals surface area contributed by atoms with Gasteiger partial charge in [0.05, 0.1) is 0 Å². The van der Waals surface area contributed by atoms with Crippen LogP contribution in [0.15, 0.2) is 0 Å². The molecule has 1 fully saturated rings. The lowest BCUT2D eigenvalue weighted by atomic mass is 9.74. The van der Waals surface area contributed by atoms with Crippen LogP contribution in [0.4, 0.5) is 0 Å². The van der Waals surface area contributed by atoms with E-state index in [1.807, 2.05) is 0 Å². The summed E-state index contributed by atoms with van der Waals surface area (Å²) in [5.41, 5.74) is 0. The van der Waals surface area contributed by atoms with Crippen molar-refractivity contribution in [1.29, 1.82) is 0 Å². The Morgan fingerprint density at radius 2 is 1.76 bits per heavy atom. The van der Waals surface area contributed by atoms with E-state index in [-0.39, 0.29) is 0 Å². The van der Waals surface area contributed by atoms with Gasteiger partial charge in [-0.2, -0.15) is 0 Å². The van der Waals surface area contributed by atoms with Crippen molar-refractivity contribution in [3.05, 3.63) is 0 Å². The molecule has 1 aliphatic carbocycles. The van der Waals surface area contributed by atoms with E-state index in [0.29, 0.717) is 6.04 Å². The zero-order valence-electron chi connectivity index (χ0n) is 11.8. The first-order valence-electron chi connectivity index (χ1n) is 7.29. The third kappa shape index (κ3) is 4.72. The molecule has 1 nitrogen and oxygen atoms in total. The second-order valence-electron chi connectivity index (χ2n) is 5.91. The Bertz CT molecular complexity index is 230. The van der Waals surface area contributed by atoms with Crippen LogP contribution in [0.3, 0.4) is 0 Å². The molecule has 1 rings (SSSR count). The van der Waals surface area contributed by atoms with Crippen LogP contribution in [0, 0.1) is 30.1 Å². The van der Waals surface area contributed by atoms with Crippen molar-refractivity contribution in [2.24, 2.45) is 17.8 Å². The lowest BCUT2D eigenvalue weighted by Gasteiger charge is -2.35. The third-order valence-electron chi connectivity index (χ3n) is 4.54. The molecule has 0 aromatic rings. The molecule has 98 valence electrons. The summed E-state index contributed by atoms with van der Waals surface area (Å²) in [6, 6.07) is 0.691. The van der Waals surface area contributed by atoms with Gasteiger partial charge in [-0.1, -0.05) is 13.8 Å². The largest absolute Gasteiger partial charge is 0.317 e. The van der Waals surface area contributed by atoms with Crippen molar-refractivity contribution in [2.75, 3.05) is 7.05 Å². The number of hydrogen-bond acceptors (Lipinski definition) is 1. The topological polar surface area (TPSA) is 12.0 Å². The number of terminal acetylenes is 1. The SMILES string of the molecule is C#CCCCC(NC)C1CCC(C(C)C)CC1. The second kappa shape index (κ2) is 7.77. The zero-order chi connectivity index (χ0) is 12.7. The fourth-order valence-corrected chi connectivity index (χ4v) is 3.25. The molecule has 0 aromatic heterocycles. The average molecular weight is 235 g/mol. The van der Waals surface area contributed by atoms with E-state index in [9.17, 15) is 0 Å². The molecule has 1 atom stereocenters. The highest BCUT2D eigenvalue weighted by Crippen LogP contribution is 2.35. The number of rotatable bonds is 6. The molecule has 0 amide bonds. The lowest BCUT2D eigenvalue weighted by Crippen LogP contribution is -2.36. The van der Waals surface area contributed by atoms with Crippen LogP contribution < -0.4 is 5.32 Å². The lowest BCUT2D eigenvalue weighted by molar-refractivity contribution is 0.187. The van der Waals surface area contributed by atoms with Gasteiger partial charge in [-0.25, -0.2) is 0 Å². The quantitative estimate of drug-likeness (QED) is 0.545. The first-order valence-corrected chi connectivity index (χ1v) is 7.29. The van der Waals surface area contributed by atoms with Crippen molar-refractivity contribution >= 4 is 0 Å². The Kier molecular flexibility index (Phi) is 6.66. The predicted octanol–water partition coefficient (Wildman–Crippen LogP) is 3.84. The fraction of sp³-hybridized carbons (Fsp3) is 0.875. The van der Waals surface area contributed by atoms with Gasteiger partial charge in [-0.05, 0) is 63.3 Å². The summed E-state index contributed by atoms with van der Waals surface area (Å²) in [6.45, 7) is 4.74. The fourth-order valence-electron chi connectivity index (χ4n) is 3.25. The van der Waals surface area contributed by atoms with E-state index in [4.69, 9.17) is 6.42 Å². The molecule has 1 N–H and O–H groups in total. The molecule has 0 aromatic carbocycles. The maximum atomic E-state index is 5.32. The molecule has 0 spiro atoms. The number of hydrogen-bond donors (Lipinski definition) is 1. The summed E-state index contributed by atoms with van der Waals surface area (Å²) in [6.07, 6.45) is 14.3. The molecule has 1 unspecified atom stereocenters. The van der Waals surface area contributed by atoms with Crippen LogP contribution in [0.25, 0.3) is 0 Å². The van der Waals surface area contributed by atoms with Gasteiger partial charge >= 0.3 is 0 Å².